The first-order valence-corrected chi connectivity index (χ1v) is 9.21. The van der Waals surface area contributed by atoms with Crippen LogP contribution in [0.5, 0.6) is 0 Å². The largest absolute Gasteiger partial charge is 0.390 e. The number of aromatic nitrogens is 1. The van der Waals surface area contributed by atoms with E-state index in [1.165, 1.54) is 0 Å². The van der Waals surface area contributed by atoms with E-state index in [9.17, 15) is 14.7 Å². The predicted molar refractivity (Wildman–Crippen MR) is 98.3 cm³/mol. The van der Waals surface area contributed by atoms with Gasteiger partial charge in [0.25, 0.3) is 5.91 Å². The number of amides is 1. The van der Waals surface area contributed by atoms with Gasteiger partial charge in [0.2, 0.25) is 5.43 Å². The van der Waals surface area contributed by atoms with Crippen molar-refractivity contribution in [2.45, 2.75) is 37.4 Å². The molecule has 0 unspecified atom stereocenters. The minimum absolute atomic E-state index is 0.201. The number of aryl methyl sites for hydroxylation is 1. The normalized spacial score (nSPS) is 22.7. The molecule has 6 heteroatoms. The van der Waals surface area contributed by atoms with Gasteiger partial charge >= 0.3 is 0 Å². The molecule has 0 saturated carbocycles. The fourth-order valence-electron chi connectivity index (χ4n) is 4.24. The molecular weight excluding hydrogens is 332 g/mol. The Labute approximate surface area is 152 Å². The average Bonchev–Trinajstić information content (AvgIpc) is 2.67. The van der Waals surface area contributed by atoms with Gasteiger partial charge < -0.3 is 19.3 Å². The van der Waals surface area contributed by atoms with E-state index in [4.69, 9.17) is 4.74 Å². The number of para-hydroxylation sites is 1. The van der Waals surface area contributed by atoms with Crippen LogP contribution in [0.25, 0.3) is 10.9 Å². The van der Waals surface area contributed by atoms with Gasteiger partial charge in [-0.3, -0.25) is 9.59 Å². The van der Waals surface area contributed by atoms with E-state index in [-0.39, 0.29) is 16.9 Å². The zero-order valence-corrected chi connectivity index (χ0v) is 15.0. The molecule has 1 amide bonds. The summed E-state index contributed by atoms with van der Waals surface area (Å²) in [6.07, 6.45) is 3.99. The average molecular weight is 356 g/mol. The number of ether oxygens (including phenoxy) is 1. The molecule has 0 aliphatic carbocycles. The molecule has 0 radical (unpaired) electrons. The third-order valence-corrected chi connectivity index (χ3v) is 5.84. The Bertz CT molecular complexity index is 896. The van der Waals surface area contributed by atoms with E-state index >= 15 is 0 Å². The number of likely N-dealkylation sites (tertiary alicyclic amines) is 1. The third-order valence-electron chi connectivity index (χ3n) is 5.84. The molecule has 1 aromatic heterocycles. The van der Waals surface area contributed by atoms with Crippen LogP contribution in [0.1, 0.15) is 36.0 Å². The highest BCUT2D eigenvalue weighted by atomic mass is 16.5. The Hall–Kier alpha value is -2.18. The minimum atomic E-state index is -0.524. The standard InChI is InChI=1S/C20H24N2O4/c1-21-13-15(18(24)14-5-2-3-6-16(14)21)19(25)22-10-8-20(9-11-22)17(23)7-4-12-26-20/h2-3,5-6,13,17,23H,4,7-12H2,1H3/t17-/m0/s1. The molecule has 1 atom stereocenters. The van der Waals surface area contributed by atoms with Crippen molar-refractivity contribution in [3.8, 4) is 0 Å². The summed E-state index contributed by atoms with van der Waals surface area (Å²) in [5.41, 5.74) is 0.263. The summed E-state index contributed by atoms with van der Waals surface area (Å²) in [5, 5.41) is 10.9. The van der Waals surface area contributed by atoms with E-state index in [1.54, 1.807) is 17.2 Å². The highest BCUT2D eigenvalue weighted by molar-refractivity contribution is 5.97. The Balaban J connectivity index is 1.59. The first kappa shape index (κ1) is 17.2. The van der Waals surface area contributed by atoms with Crippen LogP contribution in [0.4, 0.5) is 0 Å². The van der Waals surface area contributed by atoms with Crippen LogP contribution in [0.15, 0.2) is 35.3 Å². The van der Waals surface area contributed by atoms with Crippen LogP contribution in [-0.4, -0.2) is 51.9 Å². The monoisotopic (exact) mass is 356 g/mol. The molecule has 2 aliphatic rings. The molecule has 3 heterocycles. The van der Waals surface area contributed by atoms with Crippen molar-refractivity contribution in [2.24, 2.45) is 7.05 Å². The number of carbonyl (C=O) groups is 1. The van der Waals surface area contributed by atoms with Crippen molar-refractivity contribution in [1.82, 2.24) is 9.47 Å². The molecular formula is C20H24N2O4. The van der Waals surface area contributed by atoms with Gasteiger partial charge in [0.15, 0.2) is 0 Å². The van der Waals surface area contributed by atoms with Crippen LogP contribution in [0.3, 0.4) is 0 Å². The van der Waals surface area contributed by atoms with Gasteiger partial charge in [0.05, 0.1) is 17.2 Å². The Morgan fingerprint density at radius 2 is 2.00 bits per heavy atom. The molecule has 26 heavy (non-hydrogen) atoms. The second-order valence-corrected chi connectivity index (χ2v) is 7.36. The smallest absolute Gasteiger partial charge is 0.259 e. The lowest BCUT2D eigenvalue weighted by Crippen LogP contribution is -2.56. The summed E-state index contributed by atoms with van der Waals surface area (Å²) in [7, 11) is 1.84. The van der Waals surface area contributed by atoms with Gasteiger partial charge in [-0.25, -0.2) is 0 Å². The quantitative estimate of drug-likeness (QED) is 0.844. The number of hydrogen-bond donors (Lipinski definition) is 1. The summed E-state index contributed by atoms with van der Waals surface area (Å²) in [5.74, 6) is -0.239. The molecule has 2 aromatic rings. The van der Waals surface area contributed by atoms with Gasteiger partial charge in [-0.15, -0.1) is 0 Å². The van der Waals surface area contributed by atoms with Crippen LogP contribution in [0, 0.1) is 0 Å². The van der Waals surface area contributed by atoms with Crippen molar-refractivity contribution in [1.29, 1.82) is 0 Å². The number of pyridine rings is 1. The highest BCUT2D eigenvalue weighted by Crippen LogP contribution is 2.35. The predicted octanol–water partition coefficient (Wildman–Crippen LogP) is 1.68. The minimum Gasteiger partial charge on any atom is -0.390 e. The molecule has 6 nitrogen and oxygen atoms in total. The Kier molecular flexibility index (Phi) is 4.32. The maximum atomic E-state index is 13.0. The molecule has 0 bridgehead atoms. The summed E-state index contributed by atoms with van der Waals surface area (Å²) in [6.45, 7) is 1.65. The number of carbonyl (C=O) groups excluding carboxylic acids is 1. The topological polar surface area (TPSA) is 71.8 Å². The van der Waals surface area contributed by atoms with Crippen molar-refractivity contribution in [3.63, 3.8) is 0 Å². The number of aliphatic hydroxyl groups is 1. The summed E-state index contributed by atoms with van der Waals surface area (Å²) in [4.78, 5) is 27.5. The van der Waals surface area contributed by atoms with Crippen molar-refractivity contribution < 1.29 is 14.6 Å². The maximum Gasteiger partial charge on any atom is 0.259 e. The van der Waals surface area contributed by atoms with Gasteiger partial charge in [-0.05, 0) is 37.8 Å². The highest BCUT2D eigenvalue weighted by Gasteiger charge is 2.44. The fourth-order valence-corrected chi connectivity index (χ4v) is 4.24. The lowest BCUT2D eigenvalue weighted by molar-refractivity contribution is -0.174. The number of hydrogen-bond acceptors (Lipinski definition) is 4. The number of nitrogens with zero attached hydrogens (tertiary/aromatic N) is 2. The summed E-state index contributed by atoms with van der Waals surface area (Å²) in [6, 6.07) is 7.32. The second kappa shape index (κ2) is 6.52. The molecule has 1 aromatic carbocycles. The van der Waals surface area contributed by atoms with E-state index in [1.807, 2.05) is 29.8 Å². The van der Waals surface area contributed by atoms with E-state index in [0.717, 1.165) is 18.4 Å². The van der Waals surface area contributed by atoms with E-state index in [2.05, 4.69) is 0 Å². The lowest BCUT2D eigenvalue weighted by atomic mass is 9.82. The van der Waals surface area contributed by atoms with Crippen LogP contribution >= 0.6 is 0 Å². The number of fused-ring (bicyclic) bond motifs is 1. The molecule has 1 N–H and O–H groups in total. The molecule has 1 spiro atoms. The number of benzene rings is 1. The fraction of sp³-hybridized carbons (Fsp3) is 0.500. The van der Waals surface area contributed by atoms with Crippen molar-refractivity contribution >= 4 is 16.8 Å². The molecule has 138 valence electrons. The van der Waals surface area contributed by atoms with Gasteiger partial charge in [0.1, 0.15) is 5.56 Å². The number of piperidine rings is 1. The Morgan fingerprint density at radius 1 is 1.27 bits per heavy atom. The van der Waals surface area contributed by atoms with Crippen molar-refractivity contribution in [2.75, 3.05) is 19.7 Å². The summed E-state index contributed by atoms with van der Waals surface area (Å²) < 4.78 is 7.72. The van der Waals surface area contributed by atoms with E-state index in [0.29, 0.717) is 37.9 Å². The van der Waals surface area contributed by atoms with E-state index < -0.39 is 11.7 Å². The van der Waals surface area contributed by atoms with Crippen LogP contribution in [-0.2, 0) is 11.8 Å². The molecule has 2 fully saturated rings. The number of rotatable bonds is 1. The first-order chi connectivity index (χ1) is 12.5. The molecule has 2 aliphatic heterocycles. The second-order valence-electron chi connectivity index (χ2n) is 7.36. The zero-order chi connectivity index (χ0) is 18.3. The first-order valence-electron chi connectivity index (χ1n) is 9.21. The van der Waals surface area contributed by atoms with Crippen LogP contribution in [0.2, 0.25) is 0 Å². The van der Waals surface area contributed by atoms with Gasteiger partial charge in [0, 0.05) is 38.3 Å². The van der Waals surface area contributed by atoms with Crippen LogP contribution < -0.4 is 5.43 Å². The van der Waals surface area contributed by atoms with Gasteiger partial charge in [-0.1, -0.05) is 12.1 Å². The summed E-state index contributed by atoms with van der Waals surface area (Å²) >= 11 is 0. The van der Waals surface area contributed by atoms with Gasteiger partial charge in [-0.2, -0.15) is 0 Å². The maximum absolute atomic E-state index is 13.0. The third kappa shape index (κ3) is 2.73. The van der Waals surface area contributed by atoms with Crippen molar-refractivity contribution in [3.05, 3.63) is 46.2 Å². The zero-order valence-electron chi connectivity index (χ0n) is 15.0. The number of aliphatic hydroxyl groups excluding tert-OH is 1. The molecule has 2 saturated heterocycles. The molecule has 4 rings (SSSR count). The lowest BCUT2D eigenvalue weighted by Gasteiger charge is -2.46. The Morgan fingerprint density at radius 3 is 2.73 bits per heavy atom. The SMILES string of the molecule is Cn1cc(C(=O)N2CCC3(CC2)OCCC[C@@H]3O)c(=O)c2ccccc21.